The molecule has 1 atom stereocenters. The molecule has 0 aromatic heterocycles. The topological polar surface area (TPSA) is 67.9 Å². The smallest absolute Gasteiger partial charge is 0.245 e. The lowest BCUT2D eigenvalue weighted by Gasteiger charge is -2.24. The van der Waals surface area contributed by atoms with E-state index in [1.807, 2.05) is 13.8 Å². The number of hydrogen-bond acceptors (Lipinski definition) is 4. The van der Waals surface area contributed by atoms with Crippen molar-refractivity contribution in [2.75, 3.05) is 40.0 Å². The Bertz CT molecular complexity index is 320. The largest absolute Gasteiger partial charge is 0.382 e. The second kappa shape index (κ2) is 8.92. The van der Waals surface area contributed by atoms with Crippen LogP contribution < -0.4 is 5.32 Å². The van der Waals surface area contributed by atoms with Crippen LogP contribution in [0.25, 0.3) is 0 Å². The highest BCUT2D eigenvalue weighted by atomic mass is 16.5. The molecule has 0 bridgehead atoms. The summed E-state index contributed by atoms with van der Waals surface area (Å²) in [6.07, 6.45) is 1.03. The van der Waals surface area contributed by atoms with E-state index in [1.165, 1.54) is 0 Å². The molecule has 1 heterocycles. The number of nitrogens with zero attached hydrogens (tertiary/aromatic N) is 1. The van der Waals surface area contributed by atoms with Crippen LogP contribution in [0.15, 0.2) is 0 Å². The summed E-state index contributed by atoms with van der Waals surface area (Å²) in [7, 11) is 1.62. The number of rotatable bonds is 8. The third kappa shape index (κ3) is 5.88. The summed E-state index contributed by atoms with van der Waals surface area (Å²) in [6.45, 7) is 6.61. The van der Waals surface area contributed by atoms with Gasteiger partial charge in [0.2, 0.25) is 11.8 Å². The first-order chi connectivity index (χ1) is 9.54. The average Bonchev–Trinajstić information content (AvgIpc) is 2.51. The monoisotopic (exact) mass is 286 g/mol. The van der Waals surface area contributed by atoms with Gasteiger partial charge in [-0.15, -0.1) is 0 Å². The van der Waals surface area contributed by atoms with Crippen molar-refractivity contribution in [3.05, 3.63) is 0 Å². The van der Waals surface area contributed by atoms with Gasteiger partial charge in [0, 0.05) is 26.6 Å². The SMILES string of the molecule is COCCOCCN1CCC(=O)NC(CC(C)C)C1=O. The molecule has 1 fully saturated rings. The average molecular weight is 286 g/mol. The van der Waals surface area contributed by atoms with E-state index in [-0.39, 0.29) is 11.8 Å². The summed E-state index contributed by atoms with van der Waals surface area (Å²) >= 11 is 0. The fraction of sp³-hybridized carbons (Fsp3) is 0.857. The zero-order valence-corrected chi connectivity index (χ0v) is 12.7. The first kappa shape index (κ1) is 16.9. The van der Waals surface area contributed by atoms with Crippen molar-refractivity contribution in [1.29, 1.82) is 0 Å². The second-order valence-corrected chi connectivity index (χ2v) is 5.43. The van der Waals surface area contributed by atoms with Crippen molar-refractivity contribution >= 4 is 11.8 Å². The standard InChI is InChI=1S/C14H26N2O4/c1-11(2)10-12-14(18)16(5-4-13(17)15-12)6-7-20-9-8-19-3/h11-12H,4-10H2,1-3H3,(H,15,17). The van der Waals surface area contributed by atoms with Gasteiger partial charge in [-0.05, 0) is 12.3 Å². The molecule has 0 saturated carbocycles. The molecule has 0 spiro atoms. The molecule has 2 amide bonds. The highest BCUT2D eigenvalue weighted by molar-refractivity contribution is 5.89. The van der Waals surface area contributed by atoms with Crippen LogP contribution in [0.1, 0.15) is 26.7 Å². The second-order valence-electron chi connectivity index (χ2n) is 5.43. The summed E-state index contributed by atoms with van der Waals surface area (Å²) in [5.41, 5.74) is 0. The van der Waals surface area contributed by atoms with Gasteiger partial charge in [-0.25, -0.2) is 0 Å². The first-order valence-corrected chi connectivity index (χ1v) is 7.19. The molecular formula is C14H26N2O4. The van der Waals surface area contributed by atoms with Crippen molar-refractivity contribution in [3.63, 3.8) is 0 Å². The van der Waals surface area contributed by atoms with E-state index in [9.17, 15) is 9.59 Å². The predicted octanol–water partition coefficient (Wildman–Crippen LogP) is 0.413. The summed E-state index contributed by atoms with van der Waals surface area (Å²) in [5.74, 6) is 0.314. The van der Waals surface area contributed by atoms with Gasteiger partial charge in [-0.3, -0.25) is 9.59 Å². The Morgan fingerprint density at radius 2 is 2.05 bits per heavy atom. The lowest BCUT2D eigenvalue weighted by molar-refractivity contribution is -0.134. The Labute approximate surface area is 120 Å². The highest BCUT2D eigenvalue weighted by Crippen LogP contribution is 2.11. The van der Waals surface area contributed by atoms with Crippen molar-refractivity contribution in [2.24, 2.45) is 5.92 Å². The molecule has 6 heteroatoms. The van der Waals surface area contributed by atoms with E-state index in [4.69, 9.17) is 9.47 Å². The molecule has 1 saturated heterocycles. The lowest BCUT2D eigenvalue weighted by Crippen LogP contribution is -2.46. The molecule has 1 aliphatic heterocycles. The quantitative estimate of drug-likeness (QED) is 0.656. The molecule has 6 nitrogen and oxygen atoms in total. The summed E-state index contributed by atoms with van der Waals surface area (Å²) in [5, 5.41) is 2.81. The van der Waals surface area contributed by atoms with Crippen LogP contribution in [-0.2, 0) is 19.1 Å². The number of ether oxygens (including phenoxy) is 2. The Morgan fingerprint density at radius 1 is 1.30 bits per heavy atom. The molecule has 0 aromatic carbocycles. The molecular weight excluding hydrogens is 260 g/mol. The van der Waals surface area contributed by atoms with Gasteiger partial charge in [-0.2, -0.15) is 0 Å². The Hall–Kier alpha value is -1.14. The van der Waals surface area contributed by atoms with E-state index in [2.05, 4.69) is 5.32 Å². The lowest BCUT2D eigenvalue weighted by atomic mass is 10.0. The summed E-state index contributed by atoms with van der Waals surface area (Å²) in [6, 6.07) is -0.399. The minimum absolute atomic E-state index is 0.000100. The third-order valence-corrected chi connectivity index (χ3v) is 3.20. The van der Waals surface area contributed by atoms with Gasteiger partial charge in [-0.1, -0.05) is 13.8 Å². The molecule has 0 radical (unpaired) electrons. The van der Waals surface area contributed by atoms with Crippen molar-refractivity contribution in [3.8, 4) is 0 Å². The number of amides is 2. The Balaban J connectivity index is 2.47. The van der Waals surface area contributed by atoms with Crippen LogP contribution in [0, 0.1) is 5.92 Å². The molecule has 1 rings (SSSR count). The van der Waals surface area contributed by atoms with E-state index in [0.29, 0.717) is 51.7 Å². The predicted molar refractivity (Wildman–Crippen MR) is 75.3 cm³/mol. The maximum absolute atomic E-state index is 12.4. The highest BCUT2D eigenvalue weighted by Gasteiger charge is 2.29. The van der Waals surface area contributed by atoms with E-state index in [0.717, 1.165) is 0 Å². The van der Waals surface area contributed by atoms with Crippen molar-refractivity contribution in [1.82, 2.24) is 10.2 Å². The molecule has 0 aromatic rings. The molecule has 0 aliphatic carbocycles. The third-order valence-electron chi connectivity index (χ3n) is 3.20. The normalized spacial score (nSPS) is 20.2. The van der Waals surface area contributed by atoms with Crippen LogP contribution in [0.5, 0.6) is 0 Å². The number of hydrogen-bond donors (Lipinski definition) is 1. The van der Waals surface area contributed by atoms with Gasteiger partial charge in [0.05, 0.1) is 19.8 Å². The Kier molecular flexibility index (Phi) is 7.54. The molecule has 1 unspecified atom stereocenters. The van der Waals surface area contributed by atoms with Crippen molar-refractivity contribution in [2.45, 2.75) is 32.7 Å². The van der Waals surface area contributed by atoms with Crippen molar-refractivity contribution < 1.29 is 19.1 Å². The molecule has 1 N–H and O–H groups in total. The van der Waals surface area contributed by atoms with Crippen LogP contribution in [0.2, 0.25) is 0 Å². The zero-order valence-electron chi connectivity index (χ0n) is 12.7. The van der Waals surface area contributed by atoms with E-state index in [1.54, 1.807) is 12.0 Å². The molecule has 20 heavy (non-hydrogen) atoms. The van der Waals surface area contributed by atoms with Gasteiger partial charge in [0.25, 0.3) is 0 Å². The fourth-order valence-electron chi connectivity index (χ4n) is 2.17. The minimum atomic E-state index is -0.399. The van der Waals surface area contributed by atoms with Gasteiger partial charge in [0.1, 0.15) is 6.04 Å². The first-order valence-electron chi connectivity index (χ1n) is 7.19. The number of methoxy groups -OCH3 is 1. The zero-order chi connectivity index (χ0) is 15.0. The number of nitrogens with one attached hydrogen (secondary N) is 1. The van der Waals surface area contributed by atoms with Gasteiger partial charge in [0.15, 0.2) is 0 Å². The van der Waals surface area contributed by atoms with E-state index < -0.39 is 6.04 Å². The number of carbonyl (C=O) groups is 2. The van der Waals surface area contributed by atoms with Crippen LogP contribution in [-0.4, -0.2) is 62.8 Å². The van der Waals surface area contributed by atoms with E-state index >= 15 is 0 Å². The maximum Gasteiger partial charge on any atom is 0.245 e. The Morgan fingerprint density at radius 3 is 2.70 bits per heavy atom. The summed E-state index contributed by atoms with van der Waals surface area (Å²) < 4.78 is 10.3. The van der Waals surface area contributed by atoms with Crippen LogP contribution in [0.4, 0.5) is 0 Å². The van der Waals surface area contributed by atoms with Crippen LogP contribution >= 0.6 is 0 Å². The molecule has 1 aliphatic rings. The minimum Gasteiger partial charge on any atom is -0.382 e. The molecule has 116 valence electrons. The van der Waals surface area contributed by atoms with Crippen LogP contribution in [0.3, 0.4) is 0 Å². The van der Waals surface area contributed by atoms with Gasteiger partial charge >= 0.3 is 0 Å². The fourth-order valence-corrected chi connectivity index (χ4v) is 2.17. The maximum atomic E-state index is 12.4. The number of carbonyl (C=O) groups excluding carboxylic acids is 2. The van der Waals surface area contributed by atoms with Gasteiger partial charge < -0.3 is 19.7 Å². The summed E-state index contributed by atoms with van der Waals surface area (Å²) in [4.78, 5) is 25.7.